The summed E-state index contributed by atoms with van der Waals surface area (Å²) in [5.74, 6) is -0.792. The largest absolute Gasteiger partial charge is 0.433 e. The van der Waals surface area contributed by atoms with Crippen LogP contribution < -0.4 is 4.90 Å². The Morgan fingerprint density at radius 2 is 2.00 bits per heavy atom. The molecule has 0 N–H and O–H groups in total. The Balaban J connectivity index is 1.60. The van der Waals surface area contributed by atoms with Crippen LogP contribution in [0.15, 0.2) is 47.6 Å². The Labute approximate surface area is 185 Å². The van der Waals surface area contributed by atoms with Crippen LogP contribution in [0.25, 0.3) is 5.69 Å². The number of aromatic nitrogens is 4. The molecule has 1 fully saturated rings. The molecule has 3 heterocycles. The van der Waals surface area contributed by atoms with E-state index in [-0.39, 0.29) is 35.2 Å². The van der Waals surface area contributed by atoms with Crippen LogP contribution in [0.2, 0.25) is 5.02 Å². The van der Waals surface area contributed by atoms with Gasteiger partial charge >= 0.3 is 6.18 Å². The van der Waals surface area contributed by atoms with Gasteiger partial charge in [-0.2, -0.15) is 23.5 Å². The lowest BCUT2D eigenvalue weighted by Crippen LogP contribution is -2.28. The van der Waals surface area contributed by atoms with Gasteiger partial charge in [0.15, 0.2) is 15.5 Å². The fourth-order valence-corrected chi connectivity index (χ4v) is 5.68. The molecule has 166 valence electrons. The molecular weight excluding hydrogens is 469 g/mol. The molecule has 2 aromatic heterocycles. The maximum Gasteiger partial charge on any atom is 0.433 e. The third kappa shape index (κ3) is 4.13. The SMILES string of the molecule is N#Cc1nc(N2CCC(S(=O)(=O)c3ccc(-n4cccn4)cc3Cl)C2)cc(C(F)(F)F)n1. The Bertz CT molecular complexity index is 1310. The summed E-state index contributed by atoms with van der Waals surface area (Å²) in [7, 11) is -3.88. The number of hydrogen-bond acceptors (Lipinski definition) is 7. The van der Waals surface area contributed by atoms with Crippen molar-refractivity contribution in [1.29, 1.82) is 5.26 Å². The van der Waals surface area contributed by atoms with Gasteiger partial charge in [0.25, 0.3) is 0 Å². The van der Waals surface area contributed by atoms with Crippen LogP contribution in [0, 0.1) is 11.3 Å². The van der Waals surface area contributed by atoms with Crippen molar-refractivity contribution >= 4 is 27.3 Å². The van der Waals surface area contributed by atoms with E-state index >= 15 is 0 Å². The number of hydrogen-bond donors (Lipinski definition) is 0. The van der Waals surface area contributed by atoms with Crippen molar-refractivity contribution in [3.63, 3.8) is 0 Å². The Morgan fingerprint density at radius 3 is 2.62 bits per heavy atom. The van der Waals surface area contributed by atoms with Gasteiger partial charge in [-0.3, -0.25) is 0 Å². The normalized spacial score (nSPS) is 16.8. The van der Waals surface area contributed by atoms with E-state index in [1.807, 2.05) is 0 Å². The molecule has 0 spiro atoms. The summed E-state index contributed by atoms with van der Waals surface area (Å²) >= 11 is 6.26. The second-order valence-electron chi connectivity index (χ2n) is 7.01. The predicted molar refractivity (Wildman–Crippen MR) is 108 cm³/mol. The zero-order valence-corrected chi connectivity index (χ0v) is 17.7. The minimum atomic E-state index is -4.77. The van der Waals surface area contributed by atoms with Crippen molar-refractivity contribution in [1.82, 2.24) is 19.7 Å². The zero-order valence-electron chi connectivity index (χ0n) is 16.2. The van der Waals surface area contributed by atoms with E-state index in [0.29, 0.717) is 11.8 Å². The molecule has 0 radical (unpaired) electrons. The number of alkyl halides is 3. The van der Waals surface area contributed by atoms with E-state index in [1.165, 1.54) is 27.8 Å². The second-order valence-corrected chi connectivity index (χ2v) is 9.62. The van der Waals surface area contributed by atoms with Crippen molar-refractivity contribution in [2.45, 2.75) is 22.7 Å². The number of nitrogens with zero attached hydrogens (tertiary/aromatic N) is 6. The van der Waals surface area contributed by atoms with Gasteiger partial charge in [0.1, 0.15) is 11.9 Å². The topological polar surface area (TPSA) is 105 Å². The first-order chi connectivity index (χ1) is 15.1. The van der Waals surface area contributed by atoms with E-state index in [9.17, 15) is 21.6 Å². The van der Waals surface area contributed by atoms with Crippen LogP contribution in [0.3, 0.4) is 0 Å². The highest BCUT2D eigenvalue weighted by Crippen LogP contribution is 2.34. The molecule has 1 aliphatic rings. The van der Waals surface area contributed by atoms with Crippen molar-refractivity contribution < 1.29 is 21.6 Å². The molecule has 0 amide bonds. The lowest BCUT2D eigenvalue weighted by molar-refractivity contribution is -0.141. The summed E-state index contributed by atoms with van der Waals surface area (Å²) in [6.07, 6.45) is -1.35. The van der Waals surface area contributed by atoms with Crippen LogP contribution in [0.5, 0.6) is 0 Å². The standard InChI is InChI=1S/C19H14ClF3N6O2S/c20-14-8-12(29-6-1-5-25-29)2-3-15(14)32(30,31)13-4-7-28(11-13)18-9-16(19(21,22)23)26-17(10-24)27-18/h1-3,5-6,8-9,13H,4,7,11H2. The van der Waals surface area contributed by atoms with Gasteiger partial charge < -0.3 is 4.90 Å². The number of rotatable bonds is 4. The molecule has 0 saturated carbocycles. The van der Waals surface area contributed by atoms with Gasteiger partial charge in [0.05, 0.1) is 20.9 Å². The minimum Gasteiger partial charge on any atom is -0.355 e. The van der Waals surface area contributed by atoms with Crippen LogP contribution >= 0.6 is 11.6 Å². The maximum atomic E-state index is 13.2. The summed E-state index contributed by atoms with van der Waals surface area (Å²) in [6, 6.07) is 8.36. The molecule has 32 heavy (non-hydrogen) atoms. The molecule has 1 unspecified atom stereocenters. The number of sulfone groups is 1. The number of halogens is 4. The highest BCUT2D eigenvalue weighted by Gasteiger charge is 2.38. The molecule has 1 aliphatic heterocycles. The van der Waals surface area contributed by atoms with Crippen LogP contribution in [0.4, 0.5) is 19.0 Å². The van der Waals surface area contributed by atoms with E-state index in [2.05, 4.69) is 15.1 Å². The fourth-order valence-electron chi connectivity index (χ4n) is 3.45. The molecule has 1 aromatic carbocycles. The number of benzene rings is 1. The quantitative estimate of drug-likeness (QED) is 0.562. The summed E-state index contributed by atoms with van der Waals surface area (Å²) in [4.78, 5) is 8.33. The summed E-state index contributed by atoms with van der Waals surface area (Å²) in [6.45, 7) is 0.0464. The van der Waals surface area contributed by atoms with Crippen LogP contribution in [-0.4, -0.2) is 46.5 Å². The van der Waals surface area contributed by atoms with E-state index in [4.69, 9.17) is 16.9 Å². The number of nitriles is 1. The van der Waals surface area contributed by atoms with Crippen LogP contribution in [0.1, 0.15) is 17.9 Å². The average molecular weight is 483 g/mol. The van der Waals surface area contributed by atoms with Gasteiger partial charge in [0, 0.05) is 31.5 Å². The average Bonchev–Trinajstić information content (AvgIpc) is 3.45. The van der Waals surface area contributed by atoms with Gasteiger partial charge in [-0.15, -0.1) is 0 Å². The van der Waals surface area contributed by atoms with Crippen molar-refractivity contribution in [2.75, 3.05) is 18.0 Å². The first-order valence-electron chi connectivity index (χ1n) is 9.24. The highest BCUT2D eigenvalue weighted by molar-refractivity contribution is 7.92. The monoisotopic (exact) mass is 482 g/mol. The van der Waals surface area contributed by atoms with E-state index < -0.39 is 32.8 Å². The predicted octanol–water partition coefficient (Wildman–Crippen LogP) is 3.26. The molecule has 8 nitrogen and oxygen atoms in total. The molecule has 0 aliphatic carbocycles. The molecule has 0 bridgehead atoms. The highest BCUT2D eigenvalue weighted by atomic mass is 35.5. The number of anilines is 1. The van der Waals surface area contributed by atoms with E-state index in [1.54, 1.807) is 24.5 Å². The Kier molecular flexibility index (Phi) is 5.56. The van der Waals surface area contributed by atoms with E-state index in [0.717, 1.165) is 0 Å². The molecule has 1 saturated heterocycles. The fraction of sp³-hybridized carbons (Fsp3) is 0.263. The summed E-state index contributed by atoms with van der Waals surface area (Å²) in [5.41, 5.74) is -0.681. The van der Waals surface area contributed by atoms with Gasteiger partial charge in [-0.25, -0.2) is 23.1 Å². The zero-order chi connectivity index (χ0) is 23.1. The summed E-state index contributed by atoms with van der Waals surface area (Å²) in [5, 5.41) is 12.1. The minimum absolute atomic E-state index is 0.0182. The summed E-state index contributed by atoms with van der Waals surface area (Å²) < 4.78 is 67.2. The Morgan fingerprint density at radius 1 is 1.22 bits per heavy atom. The van der Waals surface area contributed by atoms with Crippen molar-refractivity contribution in [3.8, 4) is 11.8 Å². The first kappa shape index (κ1) is 22.0. The molecule has 3 aromatic rings. The van der Waals surface area contributed by atoms with Crippen molar-refractivity contribution in [3.05, 3.63) is 59.3 Å². The molecular formula is C19H14ClF3N6O2S. The van der Waals surface area contributed by atoms with Crippen molar-refractivity contribution in [2.24, 2.45) is 0 Å². The third-order valence-electron chi connectivity index (χ3n) is 5.00. The Hall–Kier alpha value is -3.17. The van der Waals surface area contributed by atoms with Gasteiger partial charge in [0.2, 0.25) is 5.82 Å². The van der Waals surface area contributed by atoms with Gasteiger partial charge in [-0.05, 0) is 30.7 Å². The smallest absolute Gasteiger partial charge is 0.355 e. The lowest BCUT2D eigenvalue weighted by atomic mass is 10.3. The first-order valence-corrected chi connectivity index (χ1v) is 11.2. The van der Waals surface area contributed by atoms with Gasteiger partial charge in [-0.1, -0.05) is 11.6 Å². The van der Waals surface area contributed by atoms with Crippen LogP contribution in [-0.2, 0) is 16.0 Å². The molecule has 13 heteroatoms. The lowest BCUT2D eigenvalue weighted by Gasteiger charge is -2.19. The molecule has 1 atom stereocenters. The maximum absolute atomic E-state index is 13.2. The molecule has 4 rings (SSSR count). The third-order valence-corrected chi connectivity index (χ3v) is 7.66. The second kappa shape index (κ2) is 8.07.